The zero-order valence-electron chi connectivity index (χ0n) is 11.5. The summed E-state index contributed by atoms with van der Waals surface area (Å²) in [5, 5.41) is 2.92. The second-order valence-corrected chi connectivity index (χ2v) is 4.32. The number of nitrogens with two attached hydrogens (primary N) is 1. The monoisotopic (exact) mass is 273 g/mol. The van der Waals surface area contributed by atoms with Crippen LogP contribution in [0.4, 0.5) is 20.4 Å². The highest BCUT2D eigenvalue weighted by Gasteiger charge is 2.14. The number of rotatable bonds is 7. The Labute approximate surface area is 112 Å². The fourth-order valence-corrected chi connectivity index (χ4v) is 1.82. The first-order chi connectivity index (χ1) is 9.01. The average Bonchev–Trinajstić information content (AvgIpc) is 2.39. The van der Waals surface area contributed by atoms with Gasteiger partial charge >= 0.3 is 0 Å². The Morgan fingerprint density at radius 3 is 2.37 bits per heavy atom. The summed E-state index contributed by atoms with van der Waals surface area (Å²) >= 11 is 0. The third kappa shape index (κ3) is 4.29. The van der Waals surface area contributed by atoms with Gasteiger partial charge in [0.2, 0.25) is 0 Å². The van der Waals surface area contributed by atoms with E-state index in [1.807, 2.05) is 6.92 Å². The molecule has 1 rings (SSSR count). The lowest BCUT2D eigenvalue weighted by Gasteiger charge is -2.24. The molecule has 0 aliphatic carbocycles. The van der Waals surface area contributed by atoms with Gasteiger partial charge in [0, 0.05) is 18.7 Å². The molecule has 4 N–H and O–H groups in total. The van der Waals surface area contributed by atoms with Crippen molar-refractivity contribution in [3.05, 3.63) is 17.7 Å². The van der Waals surface area contributed by atoms with Crippen molar-refractivity contribution in [1.29, 1.82) is 0 Å². The van der Waals surface area contributed by atoms with Gasteiger partial charge in [0.25, 0.3) is 0 Å². The van der Waals surface area contributed by atoms with Gasteiger partial charge in [-0.1, -0.05) is 13.8 Å². The molecule has 5 nitrogen and oxygen atoms in total. The molecule has 1 unspecified atom stereocenters. The average molecular weight is 273 g/mol. The van der Waals surface area contributed by atoms with E-state index in [1.165, 1.54) is 0 Å². The molecule has 0 amide bonds. The van der Waals surface area contributed by atoms with Gasteiger partial charge in [0.15, 0.2) is 23.3 Å². The minimum absolute atomic E-state index is 0.00555. The third-order valence-corrected chi connectivity index (χ3v) is 2.88. The first kappa shape index (κ1) is 15.6. The minimum Gasteiger partial charge on any atom is -0.364 e. The summed E-state index contributed by atoms with van der Waals surface area (Å²) in [4.78, 5) is 5.97. The molecule has 0 saturated heterocycles. The lowest BCUT2D eigenvalue weighted by Crippen LogP contribution is -2.35. The van der Waals surface area contributed by atoms with Crippen LogP contribution in [0.15, 0.2) is 6.07 Å². The normalized spacial score (nSPS) is 12.6. The fourth-order valence-electron chi connectivity index (χ4n) is 1.82. The number of pyridine rings is 1. The minimum atomic E-state index is -0.818. The van der Waals surface area contributed by atoms with Crippen molar-refractivity contribution in [2.45, 2.75) is 26.8 Å². The van der Waals surface area contributed by atoms with Crippen molar-refractivity contribution in [2.75, 3.05) is 30.4 Å². The van der Waals surface area contributed by atoms with Crippen molar-refractivity contribution in [3.63, 3.8) is 0 Å². The van der Waals surface area contributed by atoms with E-state index < -0.39 is 11.6 Å². The molecule has 1 heterocycles. The van der Waals surface area contributed by atoms with Gasteiger partial charge in [0.1, 0.15) is 0 Å². The highest BCUT2D eigenvalue weighted by atomic mass is 19.1. The number of halogens is 2. The molecule has 0 saturated carbocycles. The molecule has 0 spiro atoms. The van der Waals surface area contributed by atoms with Gasteiger partial charge in [0.05, 0.1) is 0 Å². The van der Waals surface area contributed by atoms with Crippen LogP contribution < -0.4 is 16.6 Å². The maximum Gasteiger partial charge on any atom is 0.178 e. The highest BCUT2D eigenvalue weighted by Crippen LogP contribution is 2.18. The van der Waals surface area contributed by atoms with Crippen LogP contribution in [0.25, 0.3) is 0 Å². The number of aromatic nitrogens is 1. The smallest absolute Gasteiger partial charge is 0.178 e. The zero-order chi connectivity index (χ0) is 14.4. The maximum atomic E-state index is 13.6. The van der Waals surface area contributed by atoms with E-state index in [2.05, 4.69) is 34.5 Å². The molecule has 0 aliphatic rings. The molecule has 108 valence electrons. The van der Waals surface area contributed by atoms with Crippen LogP contribution >= 0.6 is 0 Å². The van der Waals surface area contributed by atoms with Gasteiger partial charge in [-0.3, -0.25) is 0 Å². The Balaban J connectivity index is 2.76. The topological polar surface area (TPSA) is 66.2 Å². The molecular formula is C12H21F2N5. The number of nitrogen functional groups attached to an aromatic ring is 1. The number of nitrogens with zero attached hydrogens (tertiary/aromatic N) is 2. The van der Waals surface area contributed by atoms with E-state index in [4.69, 9.17) is 5.84 Å². The third-order valence-electron chi connectivity index (χ3n) is 2.88. The van der Waals surface area contributed by atoms with Gasteiger partial charge < -0.3 is 15.6 Å². The molecule has 0 bridgehead atoms. The number of nitrogens with one attached hydrogen (secondary N) is 2. The lowest BCUT2D eigenvalue weighted by molar-refractivity contribution is 0.294. The fraction of sp³-hybridized carbons (Fsp3) is 0.583. The number of hydrazine groups is 1. The zero-order valence-corrected chi connectivity index (χ0v) is 11.5. The van der Waals surface area contributed by atoms with Crippen LogP contribution in [-0.2, 0) is 0 Å². The summed E-state index contributed by atoms with van der Waals surface area (Å²) in [6, 6.07) is 0.743. The molecule has 1 aromatic heterocycles. The SMILES string of the molecule is CCN(CC)CC(C)Nc1nc(NN)c(F)cc1F. The molecular weight excluding hydrogens is 252 g/mol. The second kappa shape index (κ2) is 7.20. The predicted molar refractivity (Wildman–Crippen MR) is 72.8 cm³/mol. The van der Waals surface area contributed by atoms with Gasteiger partial charge in [-0.25, -0.2) is 19.6 Å². The first-order valence-electron chi connectivity index (χ1n) is 6.33. The largest absolute Gasteiger partial charge is 0.364 e. The first-order valence-corrected chi connectivity index (χ1v) is 6.33. The van der Waals surface area contributed by atoms with E-state index >= 15 is 0 Å². The molecule has 0 aliphatic heterocycles. The number of anilines is 2. The standard InChI is InChI=1S/C12H21F2N5/c1-4-19(5-2)7-8(3)16-11-9(13)6-10(14)12(17-11)18-15/h6,8H,4-5,7,15H2,1-3H3,(H2,16,17,18). The Kier molecular flexibility index (Phi) is 5.91. The number of likely N-dealkylation sites (N-methyl/N-ethyl adjacent to an activating group) is 1. The molecule has 0 aromatic carbocycles. The summed E-state index contributed by atoms with van der Waals surface area (Å²) in [6.07, 6.45) is 0. The molecule has 0 radical (unpaired) electrons. The number of hydrogen-bond acceptors (Lipinski definition) is 5. The Hall–Kier alpha value is -1.47. The van der Waals surface area contributed by atoms with E-state index in [1.54, 1.807) is 0 Å². The van der Waals surface area contributed by atoms with E-state index in [0.717, 1.165) is 25.7 Å². The van der Waals surface area contributed by atoms with Crippen LogP contribution in [-0.4, -0.2) is 35.6 Å². The van der Waals surface area contributed by atoms with Crippen molar-refractivity contribution in [1.82, 2.24) is 9.88 Å². The van der Waals surface area contributed by atoms with Gasteiger partial charge in [-0.15, -0.1) is 0 Å². The van der Waals surface area contributed by atoms with Crippen LogP contribution in [0, 0.1) is 11.6 Å². The Morgan fingerprint density at radius 1 is 1.26 bits per heavy atom. The van der Waals surface area contributed by atoms with Gasteiger partial charge in [-0.05, 0) is 20.0 Å². The molecule has 19 heavy (non-hydrogen) atoms. The summed E-state index contributed by atoms with van der Waals surface area (Å²) in [6.45, 7) is 8.61. The van der Waals surface area contributed by atoms with Crippen molar-refractivity contribution < 1.29 is 8.78 Å². The molecule has 1 aromatic rings. The molecule has 7 heteroatoms. The van der Waals surface area contributed by atoms with Crippen LogP contribution in [0.3, 0.4) is 0 Å². The van der Waals surface area contributed by atoms with Crippen molar-refractivity contribution in [3.8, 4) is 0 Å². The van der Waals surface area contributed by atoms with Gasteiger partial charge in [-0.2, -0.15) is 0 Å². The van der Waals surface area contributed by atoms with E-state index in [-0.39, 0.29) is 17.7 Å². The predicted octanol–water partition coefficient (Wildman–Crippen LogP) is 1.79. The molecule has 1 atom stereocenters. The Morgan fingerprint density at radius 2 is 1.84 bits per heavy atom. The Bertz CT molecular complexity index is 409. The van der Waals surface area contributed by atoms with Crippen LogP contribution in [0.5, 0.6) is 0 Å². The van der Waals surface area contributed by atoms with E-state index in [9.17, 15) is 8.78 Å². The highest BCUT2D eigenvalue weighted by molar-refractivity contribution is 5.47. The quantitative estimate of drug-likeness (QED) is 0.522. The molecule has 0 fully saturated rings. The summed E-state index contributed by atoms with van der Waals surface area (Å²) in [7, 11) is 0. The summed E-state index contributed by atoms with van der Waals surface area (Å²) in [5.74, 6) is 3.38. The van der Waals surface area contributed by atoms with Crippen LogP contribution in [0.1, 0.15) is 20.8 Å². The van der Waals surface area contributed by atoms with Crippen molar-refractivity contribution in [2.24, 2.45) is 5.84 Å². The summed E-state index contributed by atoms with van der Waals surface area (Å²) in [5.41, 5.74) is 2.10. The summed E-state index contributed by atoms with van der Waals surface area (Å²) < 4.78 is 26.8. The second-order valence-electron chi connectivity index (χ2n) is 4.32. The van der Waals surface area contributed by atoms with Crippen LogP contribution in [0.2, 0.25) is 0 Å². The van der Waals surface area contributed by atoms with Crippen molar-refractivity contribution >= 4 is 11.6 Å². The number of hydrogen-bond donors (Lipinski definition) is 3. The van der Waals surface area contributed by atoms with E-state index in [0.29, 0.717) is 0 Å². The maximum absolute atomic E-state index is 13.6. The lowest BCUT2D eigenvalue weighted by atomic mass is 10.3.